The number of ether oxygens (including phenoxy) is 1. The molecule has 0 saturated carbocycles. The highest BCUT2D eigenvalue weighted by Crippen LogP contribution is 2.22. The number of hydrogen-bond acceptors (Lipinski definition) is 5. The van der Waals surface area contributed by atoms with Crippen molar-refractivity contribution in [1.82, 2.24) is 20.5 Å². The SMILES string of the molecule is CCNC(=NCc1ccc(CN2CCOCC2)cc1)NCc1ncc(C(C)(C)C)o1.I. The van der Waals surface area contributed by atoms with E-state index < -0.39 is 0 Å². The van der Waals surface area contributed by atoms with Crippen LogP contribution in [0.5, 0.6) is 0 Å². The highest BCUT2D eigenvalue weighted by Gasteiger charge is 2.19. The molecule has 8 heteroatoms. The van der Waals surface area contributed by atoms with E-state index in [9.17, 15) is 0 Å². The van der Waals surface area contributed by atoms with Crippen molar-refractivity contribution < 1.29 is 9.15 Å². The zero-order valence-electron chi connectivity index (χ0n) is 19.1. The fourth-order valence-electron chi connectivity index (χ4n) is 3.18. The van der Waals surface area contributed by atoms with Gasteiger partial charge in [-0.05, 0) is 18.1 Å². The second-order valence-corrected chi connectivity index (χ2v) is 8.62. The summed E-state index contributed by atoms with van der Waals surface area (Å²) in [5.41, 5.74) is 2.47. The van der Waals surface area contributed by atoms with E-state index in [0.717, 1.165) is 51.1 Å². The largest absolute Gasteiger partial charge is 0.443 e. The highest BCUT2D eigenvalue weighted by atomic mass is 127. The van der Waals surface area contributed by atoms with Crippen molar-refractivity contribution >= 4 is 29.9 Å². The molecule has 3 rings (SSSR count). The summed E-state index contributed by atoms with van der Waals surface area (Å²) in [6.45, 7) is 15.0. The number of hydrogen-bond donors (Lipinski definition) is 2. The Balaban J connectivity index is 0.00000341. The van der Waals surface area contributed by atoms with Crippen molar-refractivity contribution in [2.24, 2.45) is 4.99 Å². The summed E-state index contributed by atoms with van der Waals surface area (Å²) in [4.78, 5) is 11.5. The third-order valence-corrected chi connectivity index (χ3v) is 5.00. The summed E-state index contributed by atoms with van der Waals surface area (Å²) in [5.74, 6) is 2.31. The van der Waals surface area contributed by atoms with Crippen LogP contribution in [0.2, 0.25) is 0 Å². The van der Waals surface area contributed by atoms with E-state index in [-0.39, 0.29) is 29.4 Å². The van der Waals surface area contributed by atoms with Crippen molar-refractivity contribution in [2.75, 3.05) is 32.8 Å². The number of morpholine rings is 1. The Labute approximate surface area is 203 Å². The number of benzene rings is 1. The van der Waals surface area contributed by atoms with E-state index in [2.05, 4.69) is 72.5 Å². The topological polar surface area (TPSA) is 74.9 Å². The summed E-state index contributed by atoms with van der Waals surface area (Å²) in [7, 11) is 0. The van der Waals surface area contributed by atoms with Gasteiger partial charge in [0.05, 0.1) is 32.5 Å². The molecule has 0 amide bonds. The van der Waals surface area contributed by atoms with Crippen molar-refractivity contribution in [3.8, 4) is 0 Å². The molecule has 2 heterocycles. The van der Waals surface area contributed by atoms with E-state index in [1.807, 2.05) is 0 Å². The second-order valence-electron chi connectivity index (χ2n) is 8.62. The molecule has 2 N–H and O–H groups in total. The van der Waals surface area contributed by atoms with Crippen LogP contribution in [0.15, 0.2) is 39.9 Å². The fraction of sp³-hybridized carbons (Fsp3) is 0.565. The van der Waals surface area contributed by atoms with Crippen LogP contribution < -0.4 is 10.6 Å². The van der Waals surface area contributed by atoms with Gasteiger partial charge in [0.15, 0.2) is 5.96 Å². The first-order chi connectivity index (χ1) is 14.4. The van der Waals surface area contributed by atoms with E-state index in [0.29, 0.717) is 19.0 Å². The van der Waals surface area contributed by atoms with Gasteiger partial charge < -0.3 is 19.8 Å². The lowest BCUT2D eigenvalue weighted by Gasteiger charge is -2.26. The number of halogens is 1. The highest BCUT2D eigenvalue weighted by molar-refractivity contribution is 14.0. The molecule has 0 spiro atoms. The Kier molecular flexibility index (Phi) is 10.2. The first-order valence-corrected chi connectivity index (χ1v) is 10.8. The Morgan fingerprint density at radius 2 is 1.77 bits per heavy atom. The molecule has 1 fully saturated rings. The van der Waals surface area contributed by atoms with Crippen LogP contribution in [-0.2, 0) is 29.8 Å². The minimum absolute atomic E-state index is 0. The van der Waals surface area contributed by atoms with Gasteiger partial charge in [-0.1, -0.05) is 45.0 Å². The van der Waals surface area contributed by atoms with E-state index in [4.69, 9.17) is 14.1 Å². The van der Waals surface area contributed by atoms with Crippen LogP contribution in [0.4, 0.5) is 0 Å². The quantitative estimate of drug-likeness (QED) is 0.317. The van der Waals surface area contributed by atoms with E-state index >= 15 is 0 Å². The molecule has 0 radical (unpaired) electrons. The summed E-state index contributed by atoms with van der Waals surface area (Å²) < 4.78 is 11.3. The maximum Gasteiger partial charge on any atom is 0.213 e. The van der Waals surface area contributed by atoms with Crippen LogP contribution in [0, 0.1) is 0 Å². The van der Waals surface area contributed by atoms with Gasteiger partial charge >= 0.3 is 0 Å². The smallest absolute Gasteiger partial charge is 0.213 e. The first-order valence-electron chi connectivity index (χ1n) is 10.8. The van der Waals surface area contributed by atoms with Gasteiger partial charge in [-0.2, -0.15) is 0 Å². The molecule has 0 aliphatic carbocycles. The summed E-state index contributed by atoms with van der Waals surface area (Å²) in [6.07, 6.45) is 1.81. The number of nitrogens with one attached hydrogen (secondary N) is 2. The minimum Gasteiger partial charge on any atom is -0.443 e. The van der Waals surface area contributed by atoms with Gasteiger partial charge in [-0.3, -0.25) is 4.90 Å². The Morgan fingerprint density at radius 1 is 1.10 bits per heavy atom. The molecule has 31 heavy (non-hydrogen) atoms. The molecule has 1 aliphatic heterocycles. The zero-order valence-corrected chi connectivity index (χ0v) is 21.4. The molecular formula is C23H36IN5O2. The molecule has 172 valence electrons. The number of aromatic nitrogens is 1. The van der Waals surface area contributed by atoms with Gasteiger partial charge in [-0.25, -0.2) is 9.98 Å². The number of rotatable bonds is 7. The van der Waals surface area contributed by atoms with Crippen molar-refractivity contribution in [2.45, 2.75) is 52.7 Å². The van der Waals surface area contributed by atoms with E-state index in [1.165, 1.54) is 11.1 Å². The Morgan fingerprint density at radius 3 is 2.39 bits per heavy atom. The second kappa shape index (κ2) is 12.4. The van der Waals surface area contributed by atoms with Crippen LogP contribution in [0.3, 0.4) is 0 Å². The Hall–Kier alpha value is -1.65. The third-order valence-electron chi connectivity index (χ3n) is 5.00. The minimum atomic E-state index is -0.0439. The van der Waals surface area contributed by atoms with Gasteiger partial charge in [0.25, 0.3) is 0 Å². The molecule has 2 aromatic rings. The van der Waals surface area contributed by atoms with Crippen molar-refractivity contribution in [3.63, 3.8) is 0 Å². The standard InChI is InChI=1S/C23H35N5O2.HI/c1-5-24-22(27-16-21-25-15-20(30-21)23(2,3)4)26-14-18-6-8-19(9-7-18)17-28-10-12-29-13-11-28;/h6-9,15H,5,10-14,16-17H2,1-4H3,(H2,24,26,27);1H. The van der Waals surface area contributed by atoms with Gasteiger partial charge in [0, 0.05) is 31.6 Å². The number of guanidine groups is 1. The number of aliphatic imine (C=N–C) groups is 1. The average Bonchev–Trinajstić information content (AvgIpc) is 3.22. The maximum absolute atomic E-state index is 5.85. The molecule has 0 atom stereocenters. The predicted octanol–water partition coefficient (Wildman–Crippen LogP) is 3.68. The number of oxazole rings is 1. The summed E-state index contributed by atoms with van der Waals surface area (Å²) in [5, 5.41) is 6.58. The molecule has 1 aromatic heterocycles. The average molecular weight is 541 g/mol. The van der Waals surface area contributed by atoms with Crippen LogP contribution in [-0.4, -0.2) is 48.7 Å². The molecule has 1 aromatic carbocycles. The molecule has 0 unspecified atom stereocenters. The summed E-state index contributed by atoms with van der Waals surface area (Å²) in [6, 6.07) is 8.71. The first kappa shape index (κ1) is 25.6. The summed E-state index contributed by atoms with van der Waals surface area (Å²) >= 11 is 0. The van der Waals surface area contributed by atoms with Crippen molar-refractivity contribution in [1.29, 1.82) is 0 Å². The molecule has 0 bridgehead atoms. The monoisotopic (exact) mass is 541 g/mol. The molecular weight excluding hydrogens is 505 g/mol. The molecule has 1 saturated heterocycles. The third kappa shape index (κ3) is 8.42. The molecule has 7 nitrogen and oxygen atoms in total. The zero-order chi connectivity index (χ0) is 21.4. The van der Waals surface area contributed by atoms with Gasteiger partial charge in [0.1, 0.15) is 5.76 Å². The lowest BCUT2D eigenvalue weighted by atomic mass is 9.94. The lowest BCUT2D eigenvalue weighted by molar-refractivity contribution is 0.0342. The normalized spacial score (nSPS) is 15.4. The lowest BCUT2D eigenvalue weighted by Crippen LogP contribution is -2.36. The van der Waals surface area contributed by atoms with Gasteiger partial charge in [-0.15, -0.1) is 24.0 Å². The van der Waals surface area contributed by atoms with Crippen LogP contribution in [0.25, 0.3) is 0 Å². The maximum atomic E-state index is 5.85. The van der Waals surface area contributed by atoms with Crippen molar-refractivity contribution in [3.05, 3.63) is 53.2 Å². The Bertz CT molecular complexity index is 808. The van der Waals surface area contributed by atoms with E-state index in [1.54, 1.807) is 6.20 Å². The fourth-order valence-corrected chi connectivity index (χ4v) is 3.18. The van der Waals surface area contributed by atoms with Crippen LogP contribution in [0.1, 0.15) is 50.5 Å². The molecule has 1 aliphatic rings. The predicted molar refractivity (Wildman–Crippen MR) is 135 cm³/mol. The van der Waals surface area contributed by atoms with Gasteiger partial charge in [0.2, 0.25) is 5.89 Å². The van der Waals surface area contributed by atoms with Crippen LogP contribution >= 0.6 is 24.0 Å². The number of nitrogens with zero attached hydrogens (tertiary/aromatic N) is 3.